The van der Waals surface area contributed by atoms with Crippen LogP contribution in [0.1, 0.15) is 46.5 Å². The lowest BCUT2D eigenvalue weighted by Gasteiger charge is -2.48. The molecule has 0 aromatic heterocycles. The summed E-state index contributed by atoms with van der Waals surface area (Å²) in [6.07, 6.45) is 3.83. The highest BCUT2D eigenvalue weighted by Gasteiger charge is 2.51. The fourth-order valence-corrected chi connectivity index (χ4v) is 3.06. The van der Waals surface area contributed by atoms with Crippen LogP contribution in [0.15, 0.2) is 0 Å². The Morgan fingerprint density at radius 1 is 1.56 bits per heavy atom. The molecule has 0 N–H and O–H groups in total. The van der Waals surface area contributed by atoms with Crippen LogP contribution in [0.25, 0.3) is 0 Å². The first kappa shape index (κ1) is 12.1. The molecule has 3 rings (SSSR count). The first-order valence-corrected chi connectivity index (χ1v) is 6.36. The predicted octanol–water partition coefficient (Wildman–Crippen LogP) is 2.53. The number of hydrogen-bond acceptors (Lipinski definition) is 3. The van der Waals surface area contributed by atoms with E-state index in [4.69, 9.17) is 9.47 Å². The Morgan fingerprint density at radius 2 is 2.31 bits per heavy atom. The lowest BCUT2D eigenvalue weighted by Crippen LogP contribution is -2.52. The van der Waals surface area contributed by atoms with Crippen molar-refractivity contribution in [2.24, 2.45) is 11.3 Å². The summed E-state index contributed by atoms with van der Waals surface area (Å²) in [5, 5.41) is 0. The van der Waals surface area contributed by atoms with Crippen molar-refractivity contribution in [3.8, 4) is 0 Å². The highest BCUT2D eigenvalue weighted by molar-refractivity contribution is 5.87. The molecule has 0 aromatic rings. The van der Waals surface area contributed by atoms with Crippen LogP contribution in [0.2, 0.25) is 0 Å². The maximum absolute atomic E-state index is 12.0. The van der Waals surface area contributed by atoms with Gasteiger partial charge in [-0.15, -0.1) is 0 Å². The largest absolute Gasteiger partial charge is 0.353 e. The van der Waals surface area contributed by atoms with Gasteiger partial charge >= 0.3 is 0 Å². The van der Waals surface area contributed by atoms with Crippen LogP contribution in [0, 0.1) is 11.3 Å². The van der Waals surface area contributed by atoms with Crippen LogP contribution >= 0.6 is 0 Å². The molecule has 3 fully saturated rings. The molecule has 0 saturated heterocycles. The molecule has 2 bridgehead atoms. The summed E-state index contributed by atoms with van der Waals surface area (Å²) in [6.45, 7) is 6.59. The Kier molecular flexibility index (Phi) is 3.36. The van der Waals surface area contributed by atoms with Crippen molar-refractivity contribution in [1.29, 1.82) is 0 Å². The van der Waals surface area contributed by atoms with Gasteiger partial charge in [0, 0.05) is 13.0 Å². The summed E-state index contributed by atoms with van der Waals surface area (Å²) in [4.78, 5) is 12.0. The lowest BCUT2D eigenvalue weighted by atomic mass is 9.59. The van der Waals surface area contributed by atoms with Gasteiger partial charge in [0.15, 0.2) is 6.29 Å². The Bertz CT molecular complexity index is 276. The molecule has 92 valence electrons. The van der Waals surface area contributed by atoms with Gasteiger partial charge in [0.05, 0.1) is 11.5 Å². The molecule has 4 atom stereocenters. The van der Waals surface area contributed by atoms with Crippen LogP contribution in [0.5, 0.6) is 0 Å². The third kappa shape index (κ3) is 2.03. The van der Waals surface area contributed by atoms with Gasteiger partial charge in [-0.25, -0.2) is 0 Å². The lowest BCUT2D eigenvalue weighted by molar-refractivity contribution is -0.208. The van der Waals surface area contributed by atoms with Gasteiger partial charge in [0.25, 0.3) is 0 Å². The summed E-state index contributed by atoms with van der Waals surface area (Å²) < 4.78 is 11.3. The highest BCUT2D eigenvalue weighted by Crippen LogP contribution is 2.49. The zero-order chi connectivity index (χ0) is 11.8. The van der Waals surface area contributed by atoms with Gasteiger partial charge in [-0.05, 0) is 39.0 Å². The SMILES string of the molecule is CCOC(C)OC1CC2CCC1(C)C(=O)C2. The second kappa shape index (κ2) is 4.46. The molecule has 3 aliphatic rings. The van der Waals surface area contributed by atoms with Gasteiger partial charge in [-0.2, -0.15) is 0 Å². The molecule has 4 unspecified atom stereocenters. The molecule has 3 saturated carbocycles. The fraction of sp³-hybridized carbons (Fsp3) is 0.923. The maximum atomic E-state index is 12.0. The van der Waals surface area contributed by atoms with E-state index in [2.05, 4.69) is 6.92 Å². The number of ether oxygens (including phenoxy) is 2. The number of Topliss-reactive ketones (excluding diaryl/α,β-unsaturated/α-hetero) is 1. The van der Waals surface area contributed by atoms with E-state index in [0.29, 0.717) is 18.3 Å². The molecule has 3 heteroatoms. The third-order valence-corrected chi connectivity index (χ3v) is 4.20. The molecule has 0 heterocycles. The van der Waals surface area contributed by atoms with Crippen molar-refractivity contribution in [3.05, 3.63) is 0 Å². The molecular formula is C13H22O3. The molecule has 0 aromatic carbocycles. The normalized spacial score (nSPS) is 40.1. The van der Waals surface area contributed by atoms with Crippen LogP contribution in [-0.2, 0) is 14.3 Å². The minimum atomic E-state index is -0.250. The first-order chi connectivity index (χ1) is 7.56. The van der Waals surface area contributed by atoms with Crippen molar-refractivity contribution >= 4 is 5.78 Å². The number of fused-ring (bicyclic) bond motifs is 3. The van der Waals surface area contributed by atoms with E-state index < -0.39 is 0 Å². The average molecular weight is 226 g/mol. The van der Waals surface area contributed by atoms with Crippen LogP contribution in [0.4, 0.5) is 0 Å². The van der Waals surface area contributed by atoms with Crippen LogP contribution in [0.3, 0.4) is 0 Å². The van der Waals surface area contributed by atoms with Crippen molar-refractivity contribution in [1.82, 2.24) is 0 Å². The second-order valence-corrected chi connectivity index (χ2v) is 5.33. The van der Waals surface area contributed by atoms with Gasteiger partial charge in [-0.3, -0.25) is 4.79 Å². The van der Waals surface area contributed by atoms with Crippen molar-refractivity contribution in [2.75, 3.05) is 6.61 Å². The number of rotatable bonds is 4. The Labute approximate surface area is 97.5 Å². The summed E-state index contributed by atoms with van der Waals surface area (Å²) in [7, 11) is 0. The van der Waals surface area contributed by atoms with Gasteiger partial charge in [-0.1, -0.05) is 6.92 Å². The van der Waals surface area contributed by atoms with Gasteiger partial charge in [0.2, 0.25) is 0 Å². The third-order valence-electron chi connectivity index (χ3n) is 4.20. The molecule has 0 aliphatic heterocycles. The standard InChI is InChI=1S/C13H22O3/c1-4-15-9(2)16-12-8-10-5-6-13(12,3)11(14)7-10/h9-10,12H,4-8H2,1-3H3. The quantitative estimate of drug-likeness (QED) is 0.691. The van der Waals surface area contributed by atoms with E-state index in [1.54, 1.807) is 0 Å². The minimum Gasteiger partial charge on any atom is -0.353 e. The van der Waals surface area contributed by atoms with E-state index in [1.807, 2.05) is 13.8 Å². The Morgan fingerprint density at radius 3 is 2.94 bits per heavy atom. The number of ketones is 1. The summed E-state index contributed by atoms with van der Waals surface area (Å²) in [6, 6.07) is 0. The van der Waals surface area contributed by atoms with E-state index in [0.717, 1.165) is 19.3 Å². The Hall–Kier alpha value is -0.410. The topological polar surface area (TPSA) is 35.5 Å². The number of hydrogen-bond donors (Lipinski definition) is 0. The summed E-state index contributed by atoms with van der Waals surface area (Å²) >= 11 is 0. The van der Waals surface area contributed by atoms with Crippen molar-refractivity contribution < 1.29 is 14.3 Å². The smallest absolute Gasteiger partial charge is 0.155 e. The van der Waals surface area contributed by atoms with Crippen molar-refractivity contribution in [3.63, 3.8) is 0 Å². The number of carbonyl (C=O) groups excluding carboxylic acids is 1. The molecule has 0 amide bonds. The molecule has 3 aliphatic carbocycles. The van der Waals surface area contributed by atoms with Gasteiger partial charge < -0.3 is 9.47 Å². The summed E-state index contributed by atoms with van der Waals surface area (Å²) in [5.41, 5.74) is -0.250. The van der Waals surface area contributed by atoms with E-state index >= 15 is 0 Å². The zero-order valence-corrected chi connectivity index (χ0v) is 10.5. The maximum Gasteiger partial charge on any atom is 0.155 e. The first-order valence-electron chi connectivity index (χ1n) is 6.36. The predicted molar refractivity (Wildman–Crippen MR) is 61.0 cm³/mol. The van der Waals surface area contributed by atoms with E-state index in [1.165, 1.54) is 6.42 Å². The van der Waals surface area contributed by atoms with Crippen LogP contribution in [-0.4, -0.2) is 24.8 Å². The summed E-state index contributed by atoms with van der Waals surface area (Å²) in [5.74, 6) is 0.942. The molecule has 3 nitrogen and oxygen atoms in total. The average Bonchev–Trinajstić information content (AvgIpc) is 2.21. The van der Waals surface area contributed by atoms with E-state index in [-0.39, 0.29) is 17.8 Å². The fourth-order valence-electron chi connectivity index (χ4n) is 3.06. The zero-order valence-electron chi connectivity index (χ0n) is 10.5. The van der Waals surface area contributed by atoms with Gasteiger partial charge in [0.1, 0.15) is 5.78 Å². The molecule has 16 heavy (non-hydrogen) atoms. The van der Waals surface area contributed by atoms with E-state index in [9.17, 15) is 4.79 Å². The number of carbonyl (C=O) groups is 1. The monoisotopic (exact) mass is 226 g/mol. The minimum absolute atomic E-state index is 0.0639. The second-order valence-electron chi connectivity index (χ2n) is 5.33. The highest BCUT2D eigenvalue weighted by atomic mass is 16.7. The Balaban J connectivity index is 2.02. The molecular weight excluding hydrogens is 204 g/mol. The molecule has 0 radical (unpaired) electrons. The van der Waals surface area contributed by atoms with Crippen molar-refractivity contribution in [2.45, 2.75) is 58.8 Å². The van der Waals surface area contributed by atoms with Crippen LogP contribution < -0.4 is 0 Å². The molecule has 0 spiro atoms.